The van der Waals surface area contributed by atoms with Gasteiger partial charge in [-0.1, -0.05) is 146 Å². The fourth-order valence-electron chi connectivity index (χ4n) is 5.24. The zero-order valence-electron chi connectivity index (χ0n) is 35.2. The highest BCUT2D eigenvalue weighted by atomic mass is 31.2. The Morgan fingerprint density at radius 3 is 1.84 bits per heavy atom. The van der Waals surface area contributed by atoms with E-state index in [1.54, 1.807) is 12.2 Å². The minimum Gasteiger partial charge on any atom is -0.462 e. The van der Waals surface area contributed by atoms with Crippen molar-refractivity contribution in [1.29, 1.82) is 0 Å². The van der Waals surface area contributed by atoms with E-state index in [-0.39, 0.29) is 12.8 Å². The number of hydrogen-bond donors (Lipinski definition) is 5. The van der Waals surface area contributed by atoms with Crippen LogP contribution < -0.4 is 0 Å². The summed E-state index contributed by atoms with van der Waals surface area (Å²) in [6, 6.07) is 0. The van der Waals surface area contributed by atoms with E-state index in [1.807, 2.05) is 36.5 Å². The van der Waals surface area contributed by atoms with E-state index in [4.69, 9.17) is 23.8 Å². The Morgan fingerprint density at radius 1 is 0.621 bits per heavy atom. The van der Waals surface area contributed by atoms with Gasteiger partial charge >= 0.3 is 27.6 Å². The van der Waals surface area contributed by atoms with Crippen LogP contribution in [0.5, 0.6) is 0 Å². The molecular formula is C42H74O14P2. The van der Waals surface area contributed by atoms with E-state index in [9.17, 15) is 33.8 Å². The standard InChI is InChI=1S/C42H74O14P2/c1-4-5-6-7-19-24-29-38(43)30-25-20-15-12-13-16-21-26-31-41(45)52-35-40(36-55-58(50,51)54-34-39(44)33-53-57(47,48)49)56-42(46)32-27-22-17-11-9-8-10-14-18-23-28-37(2)3/h5-6,13,15-16,19-20,24-25,30,37-40,43-44H,4,7-12,14,17-18,21-23,26-29,31-36H2,1-3H3,(H,50,51)(H2,47,48,49)/b6-5-,16-13-,20-15-,24-19-,30-25+/t38?,39-,40+/m0/s1. The van der Waals surface area contributed by atoms with Crippen molar-refractivity contribution in [2.24, 2.45) is 5.92 Å². The van der Waals surface area contributed by atoms with Gasteiger partial charge in [-0.15, -0.1) is 0 Å². The van der Waals surface area contributed by atoms with Gasteiger partial charge < -0.3 is 34.4 Å². The molecule has 14 nitrogen and oxygen atoms in total. The van der Waals surface area contributed by atoms with Crippen LogP contribution >= 0.6 is 15.6 Å². The normalized spacial score (nSPS) is 15.3. The van der Waals surface area contributed by atoms with Crippen molar-refractivity contribution < 1.29 is 66.7 Å². The number of rotatable bonds is 38. The molecule has 336 valence electrons. The number of allylic oxidation sites excluding steroid dienone is 8. The number of esters is 2. The van der Waals surface area contributed by atoms with Gasteiger partial charge in [0.2, 0.25) is 0 Å². The maximum absolute atomic E-state index is 12.6. The molecule has 16 heteroatoms. The van der Waals surface area contributed by atoms with Gasteiger partial charge in [-0.05, 0) is 50.9 Å². The molecule has 0 aliphatic heterocycles. The number of phosphoric ester groups is 2. The Bertz CT molecular complexity index is 1290. The lowest BCUT2D eigenvalue weighted by Crippen LogP contribution is -2.30. The lowest BCUT2D eigenvalue weighted by atomic mass is 10.0. The average Bonchev–Trinajstić information content (AvgIpc) is 3.16. The highest BCUT2D eigenvalue weighted by Crippen LogP contribution is 2.43. The molecule has 0 saturated carbocycles. The molecule has 0 heterocycles. The topological polar surface area (TPSA) is 216 Å². The fraction of sp³-hybridized carbons (Fsp3) is 0.714. The van der Waals surface area contributed by atoms with Gasteiger partial charge in [0.15, 0.2) is 6.10 Å². The quantitative estimate of drug-likeness (QED) is 0.0129. The maximum Gasteiger partial charge on any atom is 0.472 e. The molecule has 0 amide bonds. The monoisotopic (exact) mass is 864 g/mol. The minimum atomic E-state index is -4.87. The summed E-state index contributed by atoms with van der Waals surface area (Å²) in [5, 5.41) is 19.7. The van der Waals surface area contributed by atoms with Crippen LogP contribution in [-0.4, -0.2) is 81.6 Å². The second-order valence-electron chi connectivity index (χ2n) is 14.6. The third-order valence-corrected chi connectivity index (χ3v) is 9.86. The van der Waals surface area contributed by atoms with Crippen LogP contribution in [0.25, 0.3) is 0 Å². The predicted octanol–water partition coefficient (Wildman–Crippen LogP) is 9.27. The Kier molecular flexibility index (Phi) is 35.2. The molecule has 2 unspecified atom stereocenters. The van der Waals surface area contributed by atoms with E-state index < -0.39 is 72.3 Å². The van der Waals surface area contributed by atoms with Crippen LogP contribution in [-0.2, 0) is 41.8 Å². The Hall–Kier alpha value is -2.22. The molecule has 0 aromatic carbocycles. The minimum absolute atomic E-state index is 0.0833. The molecule has 0 aliphatic carbocycles. The molecule has 0 rings (SSSR count). The van der Waals surface area contributed by atoms with Crippen molar-refractivity contribution in [3.8, 4) is 0 Å². The third kappa shape index (κ3) is 40.6. The van der Waals surface area contributed by atoms with E-state index >= 15 is 0 Å². The number of aliphatic hydroxyl groups excluding tert-OH is 2. The summed E-state index contributed by atoms with van der Waals surface area (Å²) < 4.78 is 47.6. The first-order valence-corrected chi connectivity index (χ1v) is 24.0. The van der Waals surface area contributed by atoms with Gasteiger partial charge in [0, 0.05) is 12.8 Å². The van der Waals surface area contributed by atoms with Crippen molar-refractivity contribution in [2.75, 3.05) is 26.4 Å². The first-order valence-electron chi connectivity index (χ1n) is 20.9. The molecule has 0 spiro atoms. The number of carbonyl (C=O) groups excluding carboxylic acids is 2. The molecule has 4 atom stereocenters. The number of ether oxygens (including phenoxy) is 2. The van der Waals surface area contributed by atoms with Crippen LogP contribution in [0, 0.1) is 5.92 Å². The Balaban J connectivity index is 4.69. The van der Waals surface area contributed by atoms with Crippen molar-refractivity contribution >= 4 is 27.6 Å². The smallest absolute Gasteiger partial charge is 0.462 e. The predicted molar refractivity (Wildman–Crippen MR) is 227 cm³/mol. The second-order valence-corrected chi connectivity index (χ2v) is 17.3. The number of hydrogen-bond acceptors (Lipinski definition) is 11. The van der Waals surface area contributed by atoms with Gasteiger partial charge in [-0.25, -0.2) is 9.13 Å². The molecule has 58 heavy (non-hydrogen) atoms. The van der Waals surface area contributed by atoms with Crippen LogP contribution in [0.1, 0.15) is 143 Å². The largest absolute Gasteiger partial charge is 0.472 e. The third-order valence-electron chi connectivity index (χ3n) is 8.42. The number of unbranched alkanes of at least 4 members (excludes halogenated alkanes) is 10. The highest BCUT2D eigenvalue weighted by molar-refractivity contribution is 7.47. The average molecular weight is 865 g/mol. The Morgan fingerprint density at radius 2 is 1.19 bits per heavy atom. The zero-order chi connectivity index (χ0) is 43.3. The van der Waals surface area contributed by atoms with Crippen LogP contribution in [0.2, 0.25) is 0 Å². The van der Waals surface area contributed by atoms with Crippen molar-refractivity contribution in [3.63, 3.8) is 0 Å². The summed E-state index contributed by atoms with van der Waals surface area (Å²) in [6.45, 7) is 3.76. The van der Waals surface area contributed by atoms with Crippen molar-refractivity contribution in [3.05, 3.63) is 60.8 Å². The van der Waals surface area contributed by atoms with E-state index in [0.717, 1.165) is 44.4 Å². The van der Waals surface area contributed by atoms with Gasteiger partial charge in [-0.2, -0.15) is 0 Å². The summed E-state index contributed by atoms with van der Waals surface area (Å²) in [4.78, 5) is 52.6. The van der Waals surface area contributed by atoms with Crippen LogP contribution in [0.3, 0.4) is 0 Å². The second kappa shape index (κ2) is 36.6. The molecule has 0 radical (unpaired) electrons. The summed E-state index contributed by atoms with van der Waals surface area (Å²) >= 11 is 0. The van der Waals surface area contributed by atoms with E-state index in [2.05, 4.69) is 42.0 Å². The van der Waals surface area contributed by atoms with Gasteiger partial charge in [0.25, 0.3) is 0 Å². The summed E-state index contributed by atoms with van der Waals surface area (Å²) in [5.74, 6) is -0.383. The lowest BCUT2D eigenvalue weighted by Gasteiger charge is -2.20. The number of phosphoric acid groups is 2. The first kappa shape index (κ1) is 55.8. The summed E-state index contributed by atoms with van der Waals surface area (Å²) in [7, 11) is -9.71. The highest BCUT2D eigenvalue weighted by Gasteiger charge is 2.28. The first-order chi connectivity index (χ1) is 27.6. The van der Waals surface area contributed by atoms with Gasteiger partial charge in [-0.3, -0.25) is 23.2 Å². The van der Waals surface area contributed by atoms with Gasteiger partial charge in [0.1, 0.15) is 12.7 Å². The fourth-order valence-corrected chi connectivity index (χ4v) is 6.40. The molecular weight excluding hydrogens is 790 g/mol. The summed E-state index contributed by atoms with van der Waals surface area (Å²) in [5.41, 5.74) is 0. The SMILES string of the molecule is CC/C=C\C/C=C\CC(O)/C=C/C=C\C/C=C\CCCC(=O)OC[C@H](COP(=O)(O)OC[C@@H](O)COP(=O)(O)O)OC(=O)CCCCCCCCCCCCC(C)C. The lowest BCUT2D eigenvalue weighted by molar-refractivity contribution is -0.161. The Labute approximate surface area is 347 Å². The molecule has 0 aliphatic rings. The molecule has 0 bridgehead atoms. The summed E-state index contributed by atoms with van der Waals surface area (Å²) in [6.07, 6.45) is 32.7. The number of carbonyl (C=O) groups is 2. The molecule has 0 fully saturated rings. The van der Waals surface area contributed by atoms with Crippen LogP contribution in [0.15, 0.2) is 60.8 Å². The molecule has 0 aromatic rings. The van der Waals surface area contributed by atoms with Crippen molar-refractivity contribution in [2.45, 2.75) is 161 Å². The van der Waals surface area contributed by atoms with E-state index in [1.165, 1.54) is 38.5 Å². The number of aliphatic hydroxyl groups is 2. The van der Waals surface area contributed by atoms with Crippen molar-refractivity contribution in [1.82, 2.24) is 0 Å². The maximum atomic E-state index is 12.6. The van der Waals surface area contributed by atoms with E-state index in [0.29, 0.717) is 32.1 Å². The molecule has 0 aromatic heterocycles. The molecule has 5 N–H and O–H groups in total. The van der Waals surface area contributed by atoms with Crippen LogP contribution in [0.4, 0.5) is 0 Å². The van der Waals surface area contributed by atoms with Gasteiger partial charge in [0.05, 0.1) is 25.9 Å². The molecule has 0 saturated heterocycles. The zero-order valence-corrected chi connectivity index (χ0v) is 36.9.